The number of hydrogen-bond acceptors (Lipinski definition) is 6. The standard InChI is InChI=1S/C25H45BO4Si.C19H34O2Si/c1-22(2,3)16-23(4,5)18-14-19(26-29-24(6,7)25(8,9)30-26)21(28-17-27-10)20(15-18)31(11,12)13;1-18(2,3)13-19(4,5)15-10-11-16(21-14-20-6)17(12-15)22(7,8)9/h14-15H,16-17H2,1-13H3;10-12H,13-14H2,1-9H3. The molecule has 2 aromatic rings. The highest BCUT2D eigenvalue weighted by atomic mass is 28.3. The van der Waals surface area contributed by atoms with Gasteiger partial charge in [-0.1, -0.05) is 133 Å². The minimum atomic E-state index is -1.74. The number of benzene rings is 2. The lowest BCUT2D eigenvalue weighted by Crippen LogP contribution is -2.46. The van der Waals surface area contributed by atoms with Crippen LogP contribution in [0.1, 0.15) is 121 Å². The highest BCUT2D eigenvalue weighted by Crippen LogP contribution is 2.40. The van der Waals surface area contributed by atoms with Crippen molar-refractivity contribution < 1.29 is 28.3 Å². The molecule has 0 bridgehead atoms. The van der Waals surface area contributed by atoms with Crippen LogP contribution in [0.25, 0.3) is 0 Å². The first-order chi connectivity index (χ1) is 23.7. The fourth-order valence-electron chi connectivity index (χ4n) is 7.66. The normalized spacial score (nSPS) is 16.7. The Kier molecular flexibility index (Phi) is 15.1. The molecule has 0 saturated carbocycles. The predicted molar refractivity (Wildman–Crippen MR) is 234 cm³/mol. The van der Waals surface area contributed by atoms with Gasteiger partial charge in [0.05, 0.1) is 27.3 Å². The van der Waals surface area contributed by atoms with Gasteiger partial charge in [-0.3, -0.25) is 0 Å². The van der Waals surface area contributed by atoms with Crippen LogP contribution in [0.5, 0.6) is 11.5 Å². The first kappa shape index (κ1) is 47.5. The molecule has 0 N–H and O–H groups in total. The molecule has 0 aromatic heterocycles. The highest BCUT2D eigenvalue weighted by molar-refractivity contribution is 6.90. The van der Waals surface area contributed by atoms with Crippen molar-refractivity contribution in [2.45, 2.75) is 171 Å². The van der Waals surface area contributed by atoms with E-state index in [1.807, 2.05) is 0 Å². The highest BCUT2D eigenvalue weighted by Gasteiger charge is 2.53. The lowest BCUT2D eigenvalue weighted by molar-refractivity contribution is 0.00578. The second kappa shape index (κ2) is 16.9. The summed E-state index contributed by atoms with van der Waals surface area (Å²) in [5, 5.41) is 2.66. The minimum absolute atomic E-state index is 0.00479. The Morgan fingerprint density at radius 1 is 0.585 bits per heavy atom. The van der Waals surface area contributed by atoms with E-state index in [9.17, 15) is 0 Å². The topological polar surface area (TPSA) is 55.4 Å². The van der Waals surface area contributed by atoms with Crippen LogP contribution < -0.4 is 25.3 Å². The molecule has 1 aliphatic heterocycles. The van der Waals surface area contributed by atoms with E-state index in [1.165, 1.54) is 21.5 Å². The number of hydrogen-bond donors (Lipinski definition) is 0. The van der Waals surface area contributed by atoms with E-state index in [-0.39, 0.29) is 23.0 Å². The molecule has 53 heavy (non-hydrogen) atoms. The van der Waals surface area contributed by atoms with Gasteiger partial charge >= 0.3 is 7.12 Å². The summed E-state index contributed by atoms with van der Waals surface area (Å²) in [6.45, 7) is 46.3. The number of ether oxygens (including phenoxy) is 4. The summed E-state index contributed by atoms with van der Waals surface area (Å²) in [5.74, 6) is 1.85. The van der Waals surface area contributed by atoms with E-state index >= 15 is 0 Å². The van der Waals surface area contributed by atoms with Crippen molar-refractivity contribution in [2.75, 3.05) is 27.8 Å². The maximum atomic E-state index is 6.48. The lowest BCUT2D eigenvalue weighted by Gasteiger charge is -2.35. The van der Waals surface area contributed by atoms with Crippen molar-refractivity contribution in [3.05, 3.63) is 41.5 Å². The smallest absolute Gasteiger partial charge is 0.468 e. The monoisotopic (exact) mass is 771 g/mol. The lowest BCUT2D eigenvalue weighted by atomic mass is 9.69. The van der Waals surface area contributed by atoms with Crippen LogP contribution in [-0.2, 0) is 29.6 Å². The Balaban J connectivity index is 0.000000390. The molecule has 0 atom stereocenters. The van der Waals surface area contributed by atoms with Crippen LogP contribution in [0, 0.1) is 10.8 Å². The van der Waals surface area contributed by atoms with Gasteiger partial charge < -0.3 is 28.3 Å². The van der Waals surface area contributed by atoms with E-state index in [0.717, 1.165) is 29.8 Å². The fourth-order valence-corrected chi connectivity index (χ4v) is 10.6. The molecule has 0 radical (unpaired) electrons. The molecule has 0 spiro atoms. The predicted octanol–water partition coefficient (Wildman–Crippen LogP) is 10.2. The Morgan fingerprint density at radius 3 is 1.42 bits per heavy atom. The third kappa shape index (κ3) is 13.2. The van der Waals surface area contributed by atoms with Gasteiger partial charge in [0.25, 0.3) is 0 Å². The molecule has 302 valence electrons. The van der Waals surface area contributed by atoms with Gasteiger partial charge in [0.15, 0.2) is 13.6 Å². The van der Waals surface area contributed by atoms with Crippen LogP contribution in [0.4, 0.5) is 0 Å². The summed E-state index contributed by atoms with van der Waals surface area (Å²) in [4.78, 5) is 0. The Labute approximate surface area is 329 Å². The third-order valence-electron chi connectivity index (χ3n) is 10.4. The Morgan fingerprint density at radius 2 is 1.00 bits per heavy atom. The maximum Gasteiger partial charge on any atom is 0.498 e. The van der Waals surface area contributed by atoms with Crippen molar-refractivity contribution in [1.82, 2.24) is 0 Å². The van der Waals surface area contributed by atoms with E-state index in [0.29, 0.717) is 12.2 Å². The molecule has 1 aliphatic rings. The SMILES string of the molecule is COCOc1c(B2OC(C)(C)C(C)(C)O2)cc(C(C)(C)CC(C)(C)C)cc1[Si](C)(C)C.COCOc1ccc(C(C)(C)CC(C)(C)C)cc1[Si](C)(C)C. The Hall–Kier alpha value is -1.62. The van der Waals surface area contributed by atoms with Crippen LogP contribution >= 0.6 is 0 Å². The van der Waals surface area contributed by atoms with Gasteiger partial charge in [-0.15, -0.1) is 0 Å². The summed E-state index contributed by atoms with van der Waals surface area (Å²) in [5.41, 5.74) is 3.58. The van der Waals surface area contributed by atoms with Crippen LogP contribution in [0.2, 0.25) is 39.3 Å². The summed E-state index contributed by atoms with van der Waals surface area (Å²) in [6.07, 6.45) is 2.23. The van der Waals surface area contributed by atoms with Crippen molar-refractivity contribution >= 4 is 39.1 Å². The molecular weight excluding hydrogens is 691 g/mol. The van der Waals surface area contributed by atoms with Gasteiger partial charge in [0.1, 0.15) is 11.5 Å². The zero-order valence-electron chi connectivity index (χ0n) is 38.2. The van der Waals surface area contributed by atoms with E-state index in [2.05, 4.69) is 167 Å². The minimum Gasteiger partial charge on any atom is -0.468 e. The molecule has 3 rings (SSSR count). The van der Waals surface area contributed by atoms with Crippen molar-refractivity contribution in [1.29, 1.82) is 0 Å². The zero-order valence-corrected chi connectivity index (χ0v) is 40.2. The first-order valence-corrected chi connectivity index (χ1v) is 26.6. The summed E-state index contributed by atoms with van der Waals surface area (Å²) < 4.78 is 35.3. The van der Waals surface area contributed by atoms with Crippen molar-refractivity contribution in [3.8, 4) is 11.5 Å². The fraction of sp³-hybridized carbons (Fsp3) is 0.727. The van der Waals surface area contributed by atoms with E-state index in [4.69, 9.17) is 28.3 Å². The van der Waals surface area contributed by atoms with Gasteiger partial charge in [0, 0.05) is 19.7 Å². The number of rotatable bonds is 13. The van der Waals surface area contributed by atoms with Crippen molar-refractivity contribution in [2.24, 2.45) is 10.8 Å². The van der Waals surface area contributed by atoms with E-state index in [1.54, 1.807) is 14.2 Å². The molecule has 0 aliphatic carbocycles. The average molecular weight is 771 g/mol. The maximum absolute atomic E-state index is 6.48. The van der Waals surface area contributed by atoms with Crippen LogP contribution in [-0.4, -0.2) is 62.3 Å². The molecule has 9 heteroatoms. The molecule has 1 saturated heterocycles. The van der Waals surface area contributed by atoms with Gasteiger partial charge in [-0.2, -0.15) is 0 Å². The van der Waals surface area contributed by atoms with Crippen LogP contribution in [0.15, 0.2) is 30.3 Å². The summed E-state index contributed by atoms with van der Waals surface area (Å²) >= 11 is 0. The van der Waals surface area contributed by atoms with E-state index < -0.39 is 34.5 Å². The zero-order chi connectivity index (χ0) is 41.2. The van der Waals surface area contributed by atoms with Gasteiger partial charge in [-0.05, 0) is 89.8 Å². The largest absolute Gasteiger partial charge is 0.498 e. The molecular formula is C44H79BO6Si2. The second-order valence-electron chi connectivity index (χ2n) is 22.1. The van der Waals surface area contributed by atoms with Crippen molar-refractivity contribution in [3.63, 3.8) is 0 Å². The first-order valence-electron chi connectivity index (χ1n) is 19.6. The molecule has 6 nitrogen and oxygen atoms in total. The third-order valence-corrected chi connectivity index (χ3v) is 14.4. The molecule has 1 fully saturated rings. The van der Waals surface area contributed by atoms with Gasteiger partial charge in [0.2, 0.25) is 0 Å². The summed E-state index contributed by atoms with van der Waals surface area (Å²) in [7, 11) is -0.376. The molecule has 1 heterocycles. The summed E-state index contributed by atoms with van der Waals surface area (Å²) in [6, 6.07) is 11.4. The number of methoxy groups -OCH3 is 2. The Bertz CT molecular complexity index is 1490. The van der Waals surface area contributed by atoms with Crippen LogP contribution in [0.3, 0.4) is 0 Å². The molecule has 0 amide bonds. The quantitative estimate of drug-likeness (QED) is 0.149. The van der Waals surface area contributed by atoms with Gasteiger partial charge in [-0.25, -0.2) is 0 Å². The second-order valence-corrected chi connectivity index (χ2v) is 32.2. The average Bonchev–Trinajstić information content (AvgIpc) is 3.17. The molecule has 0 unspecified atom stereocenters. The molecule has 2 aromatic carbocycles.